The largest absolute Gasteiger partial charge is 0.491 e. The number of benzene rings is 1. The second-order valence-electron chi connectivity index (χ2n) is 11.7. The number of hydrogen-bond acceptors (Lipinski definition) is 3. The minimum Gasteiger partial charge on any atom is -0.491 e. The van der Waals surface area contributed by atoms with Crippen LogP contribution < -0.4 is 9.47 Å². The molecule has 0 spiro atoms. The van der Waals surface area contributed by atoms with Crippen LogP contribution in [0, 0.1) is 41.2 Å². The van der Waals surface area contributed by atoms with Crippen LogP contribution in [0.5, 0.6) is 11.5 Å². The zero-order valence-corrected chi connectivity index (χ0v) is 23.2. The average molecular weight is 553 g/mol. The number of ether oxygens (including phenoxy) is 3. The number of hydrogen-bond donors (Lipinski definition) is 0. The monoisotopic (exact) mass is 552 g/mol. The molecule has 3 aliphatic carbocycles. The molecule has 3 fully saturated rings. The summed E-state index contributed by atoms with van der Waals surface area (Å²) in [7, 11) is 0. The molecule has 1 aromatic rings. The molecule has 0 aromatic heterocycles. The first-order valence-corrected chi connectivity index (χ1v) is 14.9. The molecule has 39 heavy (non-hydrogen) atoms. The molecule has 3 aliphatic rings. The summed E-state index contributed by atoms with van der Waals surface area (Å²) in [5, 5.41) is 0. The maximum atomic E-state index is 14.4. The minimum absolute atomic E-state index is 0.124. The Balaban J connectivity index is 1.15. The fourth-order valence-corrected chi connectivity index (χ4v) is 6.69. The molecule has 0 N–H and O–H groups in total. The van der Waals surface area contributed by atoms with Gasteiger partial charge in [0.15, 0.2) is 18.1 Å². The van der Waals surface area contributed by atoms with E-state index >= 15 is 0 Å². The van der Waals surface area contributed by atoms with Crippen molar-refractivity contribution >= 4 is 0 Å². The summed E-state index contributed by atoms with van der Waals surface area (Å²) in [6.45, 7) is 4.68. The van der Waals surface area contributed by atoms with Gasteiger partial charge in [0.05, 0.1) is 12.7 Å². The molecule has 0 saturated heterocycles. The molecule has 3 saturated carbocycles. The van der Waals surface area contributed by atoms with Crippen molar-refractivity contribution in [3.05, 3.63) is 48.6 Å². The molecular formula is C32H44F4O3. The van der Waals surface area contributed by atoms with Crippen molar-refractivity contribution < 1.29 is 31.8 Å². The van der Waals surface area contributed by atoms with E-state index < -0.39 is 30.1 Å². The Bertz CT molecular complexity index is 941. The molecule has 0 bridgehead atoms. The molecule has 0 heterocycles. The van der Waals surface area contributed by atoms with Crippen molar-refractivity contribution in [2.75, 3.05) is 13.2 Å². The van der Waals surface area contributed by atoms with E-state index in [9.17, 15) is 17.6 Å². The van der Waals surface area contributed by atoms with Crippen LogP contribution in [-0.2, 0) is 4.74 Å². The predicted octanol–water partition coefficient (Wildman–Crippen LogP) is 9.27. The Hall–Kier alpha value is -2.02. The zero-order valence-electron chi connectivity index (χ0n) is 23.2. The maximum absolute atomic E-state index is 14.4. The molecule has 0 atom stereocenters. The van der Waals surface area contributed by atoms with E-state index in [1.54, 1.807) is 6.92 Å². The number of alkyl halides is 2. The van der Waals surface area contributed by atoms with Crippen LogP contribution in [0.1, 0.15) is 84.0 Å². The average Bonchev–Trinajstić information content (AvgIpc) is 2.96. The number of rotatable bonds is 11. The van der Waals surface area contributed by atoms with Crippen LogP contribution in [0.3, 0.4) is 0 Å². The molecule has 0 unspecified atom stereocenters. The molecule has 1 aromatic carbocycles. The summed E-state index contributed by atoms with van der Waals surface area (Å²) >= 11 is 0. The lowest BCUT2D eigenvalue weighted by molar-refractivity contribution is -0.223. The highest BCUT2D eigenvalue weighted by Gasteiger charge is 2.37. The van der Waals surface area contributed by atoms with Gasteiger partial charge in [0.1, 0.15) is 0 Å². The van der Waals surface area contributed by atoms with Crippen molar-refractivity contribution in [3.63, 3.8) is 0 Å². The van der Waals surface area contributed by atoms with Crippen molar-refractivity contribution in [2.45, 2.75) is 96.2 Å². The topological polar surface area (TPSA) is 27.7 Å². The highest BCUT2D eigenvalue weighted by Crippen LogP contribution is 2.41. The second-order valence-corrected chi connectivity index (χ2v) is 11.7. The first kappa shape index (κ1) is 30.0. The molecule has 0 radical (unpaired) electrons. The van der Waals surface area contributed by atoms with Crippen LogP contribution in [0.4, 0.5) is 17.6 Å². The van der Waals surface area contributed by atoms with E-state index in [-0.39, 0.29) is 18.5 Å². The van der Waals surface area contributed by atoms with Crippen LogP contribution in [0.15, 0.2) is 36.9 Å². The lowest BCUT2D eigenvalue weighted by atomic mass is 9.70. The SMILES string of the molecule is C=CC1CCC(/C=C/C2CCC(C3CCC(OCC(F)(F)Oc4ccc(OCC)c(F)c4F)CC3)CC2)CC1. The van der Waals surface area contributed by atoms with Gasteiger partial charge in [-0.3, -0.25) is 0 Å². The summed E-state index contributed by atoms with van der Waals surface area (Å²) in [6, 6.07) is 2.02. The Labute approximate surface area is 231 Å². The summed E-state index contributed by atoms with van der Waals surface area (Å²) in [5.41, 5.74) is 0. The van der Waals surface area contributed by atoms with Crippen molar-refractivity contribution in [1.82, 2.24) is 0 Å². The smallest absolute Gasteiger partial charge is 0.422 e. The van der Waals surface area contributed by atoms with E-state index in [1.165, 1.54) is 51.4 Å². The minimum atomic E-state index is -3.77. The summed E-state index contributed by atoms with van der Waals surface area (Å²) in [5.74, 6) is -0.591. The van der Waals surface area contributed by atoms with Gasteiger partial charge in [0, 0.05) is 0 Å². The van der Waals surface area contributed by atoms with Gasteiger partial charge in [-0.2, -0.15) is 17.6 Å². The lowest BCUT2D eigenvalue weighted by Crippen LogP contribution is -2.35. The second kappa shape index (κ2) is 14.0. The summed E-state index contributed by atoms with van der Waals surface area (Å²) in [6.07, 6.45) is 16.5. The van der Waals surface area contributed by atoms with Crippen LogP contribution in [-0.4, -0.2) is 25.4 Å². The first-order valence-electron chi connectivity index (χ1n) is 14.9. The molecule has 7 heteroatoms. The van der Waals surface area contributed by atoms with Gasteiger partial charge in [-0.1, -0.05) is 18.2 Å². The molecular weight excluding hydrogens is 508 g/mol. The number of allylic oxidation sites excluding steroid dienone is 3. The van der Waals surface area contributed by atoms with Gasteiger partial charge >= 0.3 is 6.11 Å². The van der Waals surface area contributed by atoms with Crippen molar-refractivity contribution in [3.8, 4) is 11.5 Å². The molecule has 0 amide bonds. The predicted molar refractivity (Wildman–Crippen MR) is 145 cm³/mol. The fraction of sp³-hybridized carbons (Fsp3) is 0.688. The molecule has 0 aliphatic heterocycles. The van der Waals surface area contributed by atoms with Crippen molar-refractivity contribution in [1.29, 1.82) is 0 Å². The van der Waals surface area contributed by atoms with Gasteiger partial charge in [-0.05, 0) is 126 Å². The summed E-state index contributed by atoms with van der Waals surface area (Å²) < 4.78 is 71.8. The quantitative estimate of drug-likeness (QED) is 0.202. The van der Waals surface area contributed by atoms with Crippen molar-refractivity contribution in [2.24, 2.45) is 29.6 Å². The van der Waals surface area contributed by atoms with Crippen LogP contribution in [0.25, 0.3) is 0 Å². The Morgan fingerprint density at radius 2 is 1.26 bits per heavy atom. The Morgan fingerprint density at radius 3 is 1.82 bits per heavy atom. The van der Waals surface area contributed by atoms with Gasteiger partial charge in [-0.25, -0.2) is 0 Å². The third-order valence-corrected chi connectivity index (χ3v) is 9.06. The third-order valence-electron chi connectivity index (χ3n) is 9.06. The van der Waals surface area contributed by atoms with Gasteiger partial charge < -0.3 is 14.2 Å². The third kappa shape index (κ3) is 8.48. The maximum Gasteiger partial charge on any atom is 0.422 e. The number of halogens is 4. The van der Waals surface area contributed by atoms with E-state index in [1.807, 2.05) is 0 Å². The van der Waals surface area contributed by atoms with E-state index in [0.29, 0.717) is 23.7 Å². The lowest BCUT2D eigenvalue weighted by Gasteiger charge is -2.37. The zero-order chi connectivity index (χ0) is 27.8. The van der Waals surface area contributed by atoms with E-state index in [0.717, 1.165) is 43.7 Å². The molecule has 4 rings (SSSR count). The van der Waals surface area contributed by atoms with E-state index in [2.05, 4.69) is 29.5 Å². The van der Waals surface area contributed by atoms with Crippen LogP contribution >= 0.6 is 0 Å². The standard InChI is InChI=1S/C32H44F4O3/c1-3-22-5-7-23(8-6-22)9-10-24-11-13-25(14-12-24)26-15-17-27(18-16-26)38-21-32(35,36)39-29-20-19-28(37-4-2)30(33)31(29)34/h3,9-10,19-20,22-27H,1,4-8,11-18,21H2,2H3/b10-9+. The Morgan fingerprint density at radius 1 is 0.769 bits per heavy atom. The van der Waals surface area contributed by atoms with Gasteiger partial charge in [0.25, 0.3) is 0 Å². The Kier molecular flexibility index (Phi) is 10.8. The summed E-state index contributed by atoms with van der Waals surface area (Å²) in [4.78, 5) is 0. The van der Waals surface area contributed by atoms with Crippen LogP contribution in [0.2, 0.25) is 0 Å². The molecule has 218 valence electrons. The van der Waals surface area contributed by atoms with E-state index in [4.69, 9.17) is 9.47 Å². The first-order chi connectivity index (χ1) is 18.8. The highest BCUT2D eigenvalue weighted by atomic mass is 19.3. The van der Waals surface area contributed by atoms with Gasteiger partial charge in [0.2, 0.25) is 11.6 Å². The fourth-order valence-electron chi connectivity index (χ4n) is 6.69. The highest BCUT2D eigenvalue weighted by molar-refractivity contribution is 5.35. The van der Waals surface area contributed by atoms with Gasteiger partial charge in [-0.15, -0.1) is 6.58 Å². The normalized spacial score (nSPS) is 30.3. The molecule has 3 nitrogen and oxygen atoms in total.